The molecule has 1 aromatic carbocycles. The standard InChI is InChI=1S/C12H14N2O2/c13-8-4-5-9-11(7-8)16-12(14-9)10-3-1-2-6-15-10/h4-5,7,10H,1-3,6,13H2. The predicted molar refractivity (Wildman–Crippen MR) is 61.0 cm³/mol. The van der Waals surface area contributed by atoms with Gasteiger partial charge in [0.1, 0.15) is 11.6 Å². The molecule has 0 aliphatic carbocycles. The molecule has 1 aliphatic heterocycles. The number of rotatable bonds is 1. The van der Waals surface area contributed by atoms with Gasteiger partial charge in [-0.1, -0.05) is 0 Å². The van der Waals surface area contributed by atoms with E-state index in [2.05, 4.69) is 4.98 Å². The number of aromatic nitrogens is 1. The largest absolute Gasteiger partial charge is 0.438 e. The van der Waals surface area contributed by atoms with Gasteiger partial charge in [-0.15, -0.1) is 0 Å². The summed E-state index contributed by atoms with van der Waals surface area (Å²) in [6.07, 6.45) is 3.31. The number of hydrogen-bond donors (Lipinski definition) is 1. The fourth-order valence-electron chi connectivity index (χ4n) is 2.03. The molecule has 1 unspecified atom stereocenters. The lowest BCUT2D eigenvalue weighted by atomic mass is 10.1. The molecular formula is C12H14N2O2. The second kappa shape index (κ2) is 3.79. The monoisotopic (exact) mass is 218 g/mol. The van der Waals surface area contributed by atoms with Crippen LogP contribution in [0.25, 0.3) is 11.1 Å². The first kappa shape index (κ1) is 9.66. The van der Waals surface area contributed by atoms with Gasteiger partial charge < -0.3 is 14.9 Å². The molecule has 1 fully saturated rings. The van der Waals surface area contributed by atoms with Crippen molar-refractivity contribution < 1.29 is 9.15 Å². The van der Waals surface area contributed by atoms with Crippen molar-refractivity contribution in [2.75, 3.05) is 12.3 Å². The maximum Gasteiger partial charge on any atom is 0.224 e. The third-order valence-electron chi connectivity index (χ3n) is 2.88. The SMILES string of the molecule is Nc1ccc2nc(C3CCCCO3)oc2c1. The summed E-state index contributed by atoms with van der Waals surface area (Å²) in [5.41, 5.74) is 7.97. The van der Waals surface area contributed by atoms with Crippen molar-refractivity contribution in [2.45, 2.75) is 25.4 Å². The highest BCUT2D eigenvalue weighted by Gasteiger charge is 2.21. The van der Waals surface area contributed by atoms with E-state index in [1.54, 1.807) is 6.07 Å². The lowest BCUT2D eigenvalue weighted by Crippen LogP contribution is -2.11. The highest BCUT2D eigenvalue weighted by Crippen LogP contribution is 2.30. The summed E-state index contributed by atoms with van der Waals surface area (Å²) >= 11 is 0. The molecule has 1 aromatic heterocycles. The van der Waals surface area contributed by atoms with Crippen LogP contribution in [0.4, 0.5) is 5.69 Å². The maximum atomic E-state index is 5.69. The Kier molecular flexibility index (Phi) is 2.29. The molecule has 1 saturated heterocycles. The molecule has 0 spiro atoms. The molecular weight excluding hydrogens is 204 g/mol. The lowest BCUT2D eigenvalue weighted by Gasteiger charge is -2.19. The van der Waals surface area contributed by atoms with Crippen LogP contribution in [0.3, 0.4) is 0 Å². The van der Waals surface area contributed by atoms with Gasteiger partial charge in [-0.25, -0.2) is 4.98 Å². The smallest absolute Gasteiger partial charge is 0.224 e. The summed E-state index contributed by atoms with van der Waals surface area (Å²) in [7, 11) is 0. The summed E-state index contributed by atoms with van der Waals surface area (Å²) in [6.45, 7) is 0.797. The summed E-state index contributed by atoms with van der Waals surface area (Å²) in [6, 6.07) is 5.51. The number of ether oxygens (including phenoxy) is 1. The Bertz CT molecular complexity index is 501. The summed E-state index contributed by atoms with van der Waals surface area (Å²) in [5.74, 6) is 0.681. The molecule has 1 aliphatic rings. The number of hydrogen-bond acceptors (Lipinski definition) is 4. The van der Waals surface area contributed by atoms with Crippen LogP contribution in [0.1, 0.15) is 31.3 Å². The van der Waals surface area contributed by atoms with Gasteiger partial charge in [0.15, 0.2) is 5.58 Å². The first-order chi connectivity index (χ1) is 7.83. The second-order valence-electron chi connectivity index (χ2n) is 4.13. The van der Waals surface area contributed by atoms with Crippen LogP contribution in [-0.2, 0) is 4.74 Å². The molecule has 84 valence electrons. The lowest BCUT2D eigenvalue weighted by molar-refractivity contribution is -0.000552. The van der Waals surface area contributed by atoms with Gasteiger partial charge in [0, 0.05) is 18.4 Å². The zero-order chi connectivity index (χ0) is 11.0. The van der Waals surface area contributed by atoms with Gasteiger partial charge in [-0.05, 0) is 31.4 Å². The first-order valence-corrected chi connectivity index (χ1v) is 5.60. The van der Waals surface area contributed by atoms with Crippen LogP contribution >= 0.6 is 0 Å². The van der Waals surface area contributed by atoms with Crippen molar-refractivity contribution in [3.8, 4) is 0 Å². The van der Waals surface area contributed by atoms with Crippen LogP contribution in [0, 0.1) is 0 Å². The van der Waals surface area contributed by atoms with E-state index >= 15 is 0 Å². The van der Waals surface area contributed by atoms with Crippen molar-refractivity contribution in [1.29, 1.82) is 0 Å². The number of nitrogen functional groups attached to an aromatic ring is 1. The third kappa shape index (κ3) is 1.65. The van der Waals surface area contributed by atoms with Crippen LogP contribution in [-0.4, -0.2) is 11.6 Å². The number of anilines is 1. The summed E-state index contributed by atoms with van der Waals surface area (Å²) in [5, 5.41) is 0. The van der Waals surface area contributed by atoms with Crippen molar-refractivity contribution >= 4 is 16.8 Å². The Labute approximate surface area is 93.4 Å². The minimum atomic E-state index is 0.0161. The third-order valence-corrected chi connectivity index (χ3v) is 2.88. The highest BCUT2D eigenvalue weighted by atomic mass is 16.5. The summed E-state index contributed by atoms with van der Waals surface area (Å²) < 4.78 is 11.3. The molecule has 4 nitrogen and oxygen atoms in total. The maximum absolute atomic E-state index is 5.69. The topological polar surface area (TPSA) is 61.3 Å². The molecule has 3 rings (SSSR count). The average Bonchev–Trinajstić information content (AvgIpc) is 2.73. The fraction of sp³-hybridized carbons (Fsp3) is 0.417. The minimum Gasteiger partial charge on any atom is -0.438 e. The fourth-order valence-corrected chi connectivity index (χ4v) is 2.03. The number of nitrogens with zero attached hydrogens (tertiary/aromatic N) is 1. The number of fused-ring (bicyclic) bond motifs is 1. The molecule has 4 heteroatoms. The summed E-state index contributed by atoms with van der Waals surface area (Å²) in [4.78, 5) is 4.43. The molecule has 2 aromatic rings. The minimum absolute atomic E-state index is 0.0161. The molecule has 0 radical (unpaired) electrons. The number of benzene rings is 1. The normalized spacial score (nSPS) is 21.4. The van der Waals surface area contributed by atoms with Crippen LogP contribution in [0.5, 0.6) is 0 Å². The van der Waals surface area contributed by atoms with Crippen molar-refractivity contribution in [3.63, 3.8) is 0 Å². The van der Waals surface area contributed by atoms with Crippen molar-refractivity contribution in [2.24, 2.45) is 0 Å². The second-order valence-corrected chi connectivity index (χ2v) is 4.13. The zero-order valence-corrected chi connectivity index (χ0v) is 8.98. The van der Waals surface area contributed by atoms with Crippen molar-refractivity contribution in [1.82, 2.24) is 4.98 Å². The first-order valence-electron chi connectivity index (χ1n) is 5.60. The van der Waals surface area contributed by atoms with Crippen LogP contribution < -0.4 is 5.73 Å². The number of oxazole rings is 1. The van der Waals surface area contributed by atoms with E-state index in [0.29, 0.717) is 11.6 Å². The van der Waals surface area contributed by atoms with Gasteiger partial charge in [0.25, 0.3) is 0 Å². The molecule has 16 heavy (non-hydrogen) atoms. The van der Waals surface area contributed by atoms with Gasteiger partial charge in [-0.3, -0.25) is 0 Å². The van der Waals surface area contributed by atoms with Gasteiger partial charge in [0.2, 0.25) is 5.89 Å². The van der Waals surface area contributed by atoms with Crippen LogP contribution in [0.2, 0.25) is 0 Å². The molecule has 0 amide bonds. The van der Waals surface area contributed by atoms with Gasteiger partial charge in [0.05, 0.1) is 0 Å². The van der Waals surface area contributed by atoms with E-state index in [1.807, 2.05) is 12.1 Å². The number of nitrogens with two attached hydrogens (primary N) is 1. The Hall–Kier alpha value is -1.55. The van der Waals surface area contributed by atoms with E-state index < -0.39 is 0 Å². The molecule has 2 N–H and O–H groups in total. The van der Waals surface area contributed by atoms with E-state index in [9.17, 15) is 0 Å². The average molecular weight is 218 g/mol. The molecule has 2 heterocycles. The Morgan fingerprint density at radius 2 is 2.25 bits per heavy atom. The highest BCUT2D eigenvalue weighted by molar-refractivity contribution is 5.76. The Balaban J connectivity index is 1.97. The van der Waals surface area contributed by atoms with Crippen LogP contribution in [0.15, 0.2) is 22.6 Å². The quantitative estimate of drug-likeness (QED) is 0.747. The van der Waals surface area contributed by atoms with E-state index in [4.69, 9.17) is 14.9 Å². The van der Waals surface area contributed by atoms with Crippen molar-refractivity contribution in [3.05, 3.63) is 24.1 Å². The molecule has 0 saturated carbocycles. The Morgan fingerprint density at radius 3 is 3.06 bits per heavy atom. The van der Waals surface area contributed by atoms with Gasteiger partial charge in [-0.2, -0.15) is 0 Å². The van der Waals surface area contributed by atoms with E-state index in [1.165, 1.54) is 6.42 Å². The predicted octanol–water partition coefficient (Wildman–Crippen LogP) is 2.65. The van der Waals surface area contributed by atoms with E-state index in [-0.39, 0.29) is 6.10 Å². The molecule has 0 bridgehead atoms. The zero-order valence-electron chi connectivity index (χ0n) is 8.98. The van der Waals surface area contributed by atoms with Gasteiger partial charge >= 0.3 is 0 Å². The van der Waals surface area contributed by atoms with E-state index in [0.717, 1.165) is 30.5 Å². The molecule has 1 atom stereocenters. The Morgan fingerprint density at radius 1 is 1.31 bits per heavy atom.